The predicted molar refractivity (Wildman–Crippen MR) is 86.3 cm³/mol. The molecule has 0 N–H and O–H groups in total. The van der Waals surface area contributed by atoms with E-state index in [2.05, 4.69) is 30.3 Å². The van der Waals surface area contributed by atoms with E-state index in [0.29, 0.717) is 17.9 Å². The van der Waals surface area contributed by atoms with Gasteiger partial charge in [0.25, 0.3) is 0 Å². The molecule has 0 radical (unpaired) electrons. The summed E-state index contributed by atoms with van der Waals surface area (Å²) in [6.45, 7) is 9.70. The van der Waals surface area contributed by atoms with Gasteiger partial charge in [-0.1, -0.05) is 43.0 Å². The van der Waals surface area contributed by atoms with Gasteiger partial charge in [-0.3, -0.25) is 0 Å². The molecule has 0 amide bonds. The van der Waals surface area contributed by atoms with Crippen LogP contribution in [0.3, 0.4) is 0 Å². The lowest BCUT2D eigenvalue weighted by Crippen LogP contribution is -2.09. The Morgan fingerprint density at radius 1 is 1.36 bits per heavy atom. The number of carbonyl (C=O) groups excluding carboxylic acids is 1. The lowest BCUT2D eigenvalue weighted by atomic mass is 10.1. The van der Waals surface area contributed by atoms with Crippen LogP contribution in [0.15, 0.2) is 61.3 Å². The molecule has 0 saturated carbocycles. The van der Waals surface area contributed by atoms with Gasteiger partial charge < -0.3 is 9.30 Å². The van der Waals surface area contributed by atoms with Gasteiger partial charge in [0.1, 0.15) is 12.4 Å². The van der Waals surface area contributed by atoms with Crippen LogP contribution in [0.2, 0.25) is 0 Å². The molecule has 0 aliphatic heterocycles. The average molecular weight is 296 g/mol. The van der Waals surface area contributed by atoms with Crippen LogP contribution in [0.25, 0.3) is 0 Å². The van der Waals surface area contributed by atoms with Crippen LogP contribution in [0.1, 0.15) is 24.0 Å². The van der Waals surface area contributed by atoms with Crippen molar-refractivity contribution in [2.75, 3.05) is 0 Å². The molecule has 0 aliphatic carbocycles. The lowest BCUT2D eigenvalue weighted by Gasteiger charge is -2.06. The predicted octanol–water partition coefficient (Wildman–Crippen LogP) is 3.28. The van der Waals surface area contributed by atoms with E-state index in [1.54, 1.807) is 13.0 Å². The van der Waals surface area contributed by atoms with Gasteiger partial charge in [0.2, 0.25) is 0 Å². The first-order valence-corrected chi connectivity index (χ1v) is 7.12. The van der Waals surface area contributed by atoms with E-state index in [1.807, 2.05) is 29.0 Å². The van der Waals surface area contributed by atoms with Crippen molar-refractivity contribution in [1.82, 2.24) is 9.55 Å². The topological polar surface area (TPSA) is 44.1 Å². The Morgan fingerprint density at radius 2 is 2.09 bits per heavy atom. The zero-order valence-electron chi connectivity index (χ0n) is 12.8. The number of hydrogen-bond donors (Lipinski definition) is 0. The fourth-order valence-corrected chi connectivity index (χ4v) is 2.07. The lowest BCUT2D eigenvalue weighted by molar-refractivity contribution is -0.140. The first-order chi connectivity index (χ1) is 10.6. The Morgan fingerprint density at radius 3 is 2.73 bits per heavy atom. The van der Waals surface area contributed by atoms with E-state index in [9.17, 15) is 4.79 Å². The number of aromatic nitrogens is 2. The number of imidazole rings is 1. The highest BCUT2D eigenvalue weighted by molar-refractivity contribution is 5.86. The van der Waals surface area contributed by atoms with Crippen LogP contribution in [-0.2, 0) is 29.1 Å². The van der Waals surface area contributed by atoms with Crippen LogP contribution in [0.4, 0.5) is 0 Å². The molecular formula is C18H20N2O2. The maximum Gasteiger partial charge on any atom is 0.333 e. The second kappa shape index (κ2) is 7.41. The molecule has 4 heteroatoms. The van der Waals surface area contributed by atoms with Crippen LogP contribution in [0, 0.1) is 0 Å². The van der Waals surface area contributed by atoms with Crippen molar-refractivity contribution in [2.45, 2.75) is 26.5 Å². The summed E-state index contributed by atoms with van der Waals surface area (Å²) in [5.41, 5.74) is 2.51. The highest BCUT2D eigenvalue weighted by Crippen LogP contribution is 2.11. The van der Waals surface area contributed by atoms with E-state index in [1.165, 1.54) is 5.56 Å². The standard InChI is InChI=1S/C18H20N2O2/c1-4-10-20-12-16(11-15-8-6-5-7-9-15)19-17(20)13-22-18(21)14(2)3/h4-9,12H,1-2,10-11,13H2,3H3. The molecule has 2 aromatic rings. The van der Waals surface area contributed by atoms with Gasteiger partial charge in [0.05, 0.1) is 5.69 Å². The molecule has 0 fully saturated rings. The van der Waals surface area contributed by atoms with Gasteiger partial charge >= 0.3 is 5.97 Å². The number of allylic oxidation sites excluding steroid dienone is 1. The van der Waals surface area contributed by atoms with Crippen LogP contribution in [-0.4, -0.2) is 15.5 Å². The van der Waals surface area contributed by atoms with Gasteiger partial charge in [-0.05, 0) is 12.5 Å². The van der Waals surface area contributed by atoms with Crippen molar-refractivity contribution in [2.24, 2.45) is 0 Å². The molecular weight excluding hydrogens is 276 g/mol. The minimum Gasteiger partial charge on any atom is -0.454 e. The van der Waals surface area contributed by atoms with Gasteiger partial charge in [-0.15, -0.1) is 6.58 Å². The number of carbonyl (C=O) groups is 1. The highest BCUT2D eigenvalue weighted by Gasteiger charge is 2.11. The highest BCUT2D eigenvalue weighted by atomic mass is 16.5. The van der Waals surface area contributed by atoms with Crippen molar-refractivity contribution in [3.05, 3.63) is 78.4 Å². The molecule has 0 bridgehead atoms. The van der Waals surface area contributed by atoms with Crippen LogP contribution in [0.5, 0.6) is 0 Å². The third-order valence-corrected chi connectivity index (χ3v) is 3.14. The van der Waals surface area contributed by atoms with Gasteiger partial charge in [-0.25, -0.2) is 9.78 Å². The van der Waals surface area contributed by atoms with Crippen molar-refractivity contribution < 1.29 is 9.53 Å². The smallest absolute Gasteiger partial charge is 0.333 e. The van der Waals surface area contributed by atoms with Crippen molar-refractivity contribution in [3.63, 3.8) is 0 Å². The van der Waals surface area contributed by atoms with Gasteiger partial charge in [0, 0.05) is 24.7 Å². The summed E-state index contributed by atoms with van der Waals surface area (Å²) in [5, 5.41) is 0. The molecule has 1 aromatic carbocycles. The normalized spacial score (nSPS) is 10.2. The van der Waals surface area contributed by atoms with Gasteiger partial charge in [-0.2, -0.15) is 0 Å². The number of nitrogens with zero attached hydrogens (tertiary/aromatic N) is 2. The number of benzene rings is 1. The maximum atomic E-state index is 11.5. The Kier molecular flexibility index (Phi) is 5.31. The van der Waals surface area contributed by atoms with E-state index in [-0.39, 0.29) is 6.61 Å². The van der Waals surface area contributed by atoms with E-state index in [0.717, 1.165) is 12.1 Å². The largest absolute Gasteiger partial charge is 0.454 e. The second-order valence-corrected chi connectivity index (χ2v) is 5.11. The number of hydrogen-bond acceptors (Lipinski definition) is 3. The molecule has 0 spiro atoms. The fourth-order valence-electron chi connectivity index (χ4n) is 2.07. The Hall–Kier alpha value is -2.62. The molecule has 0 unspecified atom stereocenters. The van der Waals surface area contributed by atoms with Crippen LogP contribution >= 0.6 is 0 Å². The Balaban J connectivity index is 2.12. The third kappa shape index (κ3) is 4.19. The molecule has 0 atom stereocenters. The zero-order valence-corrected chi connectivity index (χ0v) is 12.8. The molecule has 22 heavy (non-hydrogen) atoms. The SMILES string of the molecule is C=CCn1cc(Cc2ccccc2)nc1COC(=O)C(=C)C. The minimum absolute atomic E-state index is 0.133. The van der Waals surface area contributed by atoms with E-state index < -0.39 is 5.97 Å². The summed E-state index contributed by atoms with van der Waals surface area (Å²) < 4.78 is 7.13. The monoisotopic (exact) mass is 296 g/mol. The molecule has 0 saturated heterocycles. The van der Waals surface area contributed by atoms with Crippen molar-refractivity contribution >= 4 is 5.97 Å². The molecule has 114 valence electrons. The first-order valence-electron chi connectivity index (χ1n) is 7.12. The molecule has 0 aliphatic rings. The Bertz CT molecular complexity index is 672. The van der Waals surface area contributed by atoms with Crippen molar-refractivity contribution in [3.8, 4) is 0 Å². The summed E-state index contributed by atoms with van der Waals surface area (Å²) in [6.07, 6.45) is 4.50. The summed E-state index contributed by atoms with van der Waals surface area (Å²) in [7, 11) is 0. The quantitative estimate of drug-likeness (QED) is 0.447. The third-order valence-electron chi connectivity index (χ3n) is 3.14. The fraction of sp³-hybridized carbons (Fsp3) is 0.222. The van der Waals surface area contributed by atoms with E-state index in [4.69, 9.17) is 4.74 Å². The van der Waals surface area contributed by atoms with Gasteiger partial charge in [0.15, 0.2) is 0 Å². The summed E-state index contributed by atoms with van der Waals surface area (Å²) in [6, 6.07) is 10.1. The first kappa shape index (κ1) is 15.8. The van der Waals surface area contributed by atoms with Crippen molar-refractivity contribution in [1.29, 1.82) is 0 Å². The molecule has 2 rings (SSSR count). The van der Waals surface area contributed by atoms with Crippen LogP contribution < -0.4 is 0 Å². The molecule has 4 nitrogen and oxygen atoms in total. The maximum absolute atomic E-state index is 11.5. The van der Waals surface area contributed by atoms with E-state index >= 15 is 0 Å². The zero-order chi connectivity index (χ0) is 15.9. The number of rotatable bonds is 7. The number of ether oxygens (including phenoxy) is 1. The Labute approximate surface area is 130 Å². The number of esters is 1. The second-order valence-electron chi connectivity index (χ2n) is 5.11. The summed E-state index contributed by atoms with van der Waals surface area (Å²) in [5.74, 6) is 0.304. The average Bonchev–Trinajstić information content (AvgIpc) is 2.88. The summed E-state index contributed by atoms with van der Waals surface area (Å²) >= 11 is 0. The molecule has 1 heterocycles. The molecule has 1 aromatic heterocycles. The minimum atomic E-state index is -0.405. The summed E-state index contributed by atoms with van der Waals surface area (Å²) in [4.78, 5) is 16.1.